The lowest BCUT2D eigenvalue weighted by Gasteiger charge is -2.59. The predicted molar refractivity (Wildman–Crippen MR) is 177 cm³/mol. The van der Waals surface area contributed by atoms with Gasteiger partial charge >= 0.3 is 0 Å². The zero-order chi connectivity index (χ0) is 33.5. The molecule has 0 saturated heterocycles. The maximum atomic E-state index is 10.7. The van der Waals surface area contributed by atoms with Gasteiger partial charge in [0.1, 0.15) is 6.79 Å². The van der Waals surface area contributed by atoms with Crippen LogP contribution in [0, 0.1) is 69.0 Å². The van der Waals surface area contributed by atoms with E-state index in [0.29, 0.717) is 71.7 Å². The number of aliphatic hydroxyl groups is 6. The maximum absolute atomic E-state index is 10.7. The van der Waals surface area contributed by atoms with Gasteiger partial charge in [0, 0.05) is 34.5 Å². The fraction of sp³-hybridized carbons (Fsp3) is 0.872. The highest BCUT2D eigenvalue weighted by Crippen LogP contribution is 2.69. The number of hydrogen-bond donors (Lipinski definition) is 6. The lowest BCUT2D eigenvalue weighted by molar-refractivity contribution is -0.250. The molecule has 0 aliphatic heterocycles. The van der Waals surface area contributed by atoms with Crippen LogP contribution in [0.4, 0.5) is 0 Å². The van der Waals surface area contributed by atoms with E-state index < -0.39 is 11.6 Å². The first-order valence-electron chi connectivity index (χ1n) is 18.6. The molecule has 2 unspecified atom stereocenters. The standard InChI is InChI=1S/2C19H30O3.CH2O/c2*1-17-10-8-15-13(14(17)9-11-19(17,21)22)7-6-12-4-3-5-16(20)18(12,15)2;1-2/h2*5,12-15,20-22H,3-4,6-11H2,1-2H3;1H2/t2*12?,13-,14-,15-,17-,18-;/m00./s1. The molecule has 6 N–H and O–H groups in total. The van der Waals surface area contributed by atoms with E-state index in [-0.39, 0.29) is 21.7 Å². The molecule has 0 radical (unpaired) electrons. The second-order valence-corrected chi connectivity index (χ2v) is 17.8. The molecule has 0 heterocycles. The minimum atomic E-state index is -1.50. The lowest BCUT2D eigenvalue weighted by Crippen LogP contribution is -2.56. The Balaban J connectivity index is 0.000000153. The summed E-state index contributed by atoms with van der Waals surface area (Å²) in [6, 6.07) is 0. The van der Waals surface area contributed by atoms with Crippen LogP contribution in [0.25, 0.3) is 0 Å². The van der Waals surface area contributed by atoms with Gasteiger partial charge < -0.3 is 35.4 Å². The Hall–Kier alpha value is -1.41. The molecule has 6 saturated carbocycles. The van der Waals surface area contributed by atoms with Crippen LogP contribution in [-0.2, 0) is 4.79 Å². The van der Waals surface area contributed by atoms with Crippen molar-refractivity contribution < 1.29 is 35.4 Å². The van der Waals surface area contributed by atoms with E-state index in [0.717, 1.165) is 51.4 Å². The molecule has 7 heteroatoms. The fourth-order valence-corrected chi connectivity index (χ4v) is 13.8. The van der Waals surface area contributed by atoms with Gasteiger partial charge in [0.25, 0.3) is 0 Å². The average Bonchev–Trinajstić information content (AvgIpc) is 3.42. The topological polar surface area (TPSA) is 138 Å². The molecule has 260 valence electrons. The fourth-order valence-electron chi connectivity index (χ4n) is 13.8. The second kappa shape index (κ2) is 11.6. The van der Waals surface area contributed by atoms with Crippen molar-refractivity contribution in [3.8, 4) is 0 Å². The Bertz CT molecular complexity index is 1130. The van der Waals surface area contributed by atoms with Crippen molar-refractivity contribution in [2.45, 2.75) is 142 Å². The number of fused-ring (bicyclic) bond motifs is 10. The van der Waals surface area contributed by atoms with Crippen molar-refractivity contribution in [3.05, 3.63) is 23.7 Å². The first-order chi connectivity index (χ1) is 21.6. The van der Waals surface area contributed by atoms with Crippen LogP contribution >= 0.6 is 0 Å². The molecule has 0 aromatic rings. The monoisotopic (exact) mass is 642 g/mol. The van der Waals surface area contributed by atoms with Crippen molar-refractivity contribution in [1.29, 1.82) is 0 Å². The zero-order valence-corrected chi connectivity index (χ0v) is 28.9. The lowest BCUT2D eigenvalue weighted by atomic mass is 9.46. The number of allylic oxidation sites excluding steroid dienone is 4. The van der Waals surface area contributed by atoms with Crippen LogP contribution in [0.15, 0.2) is 23.7 Å². The molecule has 0 amide bonds. The summed E-state index contributed by atoms with van der Waals surface area (Å²) in [7, 11) is 0. The first-order valence-corrected chi connectivity index (χ1v) is 18.6. The molecular formula is C39H62O7. The molecule has 8 rings (SSSR count). The molecule has 6 fully saturated rings. The molecule has 0 bridgehead atoms. The van der Waals surface area contributed by atoms with E-state index in [2.05, 4.69) is 27.7 Å². The summed E-state index contributed by atoms with van der Waals surface area (Å²) in [5.41, 5.74) is -0.853. The summed E-state index contributed by atoms with van der Waals surface area (Å²) in [5, 5.41) is 63.3. The van der Waals surface area contributed by atoms with E-state index in [9.17, 15) is 30.6 Å². The van der Waals surface area contributed by atoms with Gasteiger partial charge in [-0.2, -0.15) is 0 Å². The third-order valence-electron chi connectivity index (χ3n) is 16.8. The Morgan fingerprint density at radius 1 is 0.522 bits per heavy atom. The molecule has 46 heavy (non-hydrogen) atoms. The SMILES string of the molecule is C=O.C[C@]12C(O)=CCCC1CC[C@@H]1[C@@H]2CC[C@@]2(C)[C@H]1CCC2(O)O.C[C@]12C(O)=CCCC1CC[C@@H]1[C@@H]2CC[C@@]2(C)[C@H]1CCC2(O)O. The summed E-state index contributed by atoms with van der Waals surface area (Å²) in [6.07, 6.45) is 20.0. The molecule has 12 atom stereocenters. The summed E-state index contributed by atoms with van der Waals surface area (Å²) in [5.74, 6) is 2.36. The van der Waals surface area contributed by atoms with Crippen molar-refractivity contribution in [2.75, 3.05) is 0 Å². The van der Waals surface area contributed by atoms with Gasteiger partial charge in [-0.05, 0) is 149 Å². The van der Waals surface area contributed by atoms with E-state index in [4.69, 9.17) is 4.79 Å². The predicted octanol–water partition coefficient (Wildman–Crippen LogP) is 7.34. The van der Waals surface area contributed by atoms with Crippen molar-refractivity contribution in [2.24, 2.45) is 69.0 Å². The average molecular weight is 643 g/mol. The Morgan fingerprint density at radius 2 is 0.870 bits per heavy atom. The van der Waals surface area contributed by atoms with E-state index in [1.54, 1.807) is 0 Å². The maximum Gasteiger partial charge on any atom is 0.168 e. The van der Waals surface area contributed by atoms with Gasteiger partial charge in [0.2, 0.25) is 0 Å². The van der Waals surface area contributed by atoms with Crippen LogP contribution in [0.3, 0.4) is 0 Å². The Morgan fingerprint density at radius 3 is 1.24 bits per heavy atom. The first kappa shape index (κ1) is 34.5. The number of carbonyl (C=O) groups excluding carboxylic acids is 1. The van der Waals surface area contributed by atoms with Crippen LogP contribution in [-0.4, -0.2) is 49.0 Å². The van der Waals surface area contributed by atoms with Crippen molar-refractivity contribution >= 4 is 6.79 Å². The number of hydrogen-bond acceptors (Lipinski definition) is 7. The molecule has 0 aromatic carbocycles. The van der Waals surface area contributed by atoms with Gasteiger partial charge in [-0.25, -0.2) is 0 Å². The number of aliphatic hydroxyl groups excluding tert-OH is 2. The van der Waals surface area contributed by atoms with Crippen LogP contribution in [0.2, 0.25) is 0 Å². The van der Waals surface area contributed by atoms with Gasteiger partial charge in [-0.3, -0.25) is 0 Å². The third kappa shape index (κ3) is 4.60. The van der Waals surface area contributed by atoms with Crippen molar-refractivity contribution in [1.82, 2.24) is 0 Å². The minimum Gasteiger partial charge on any atom is -0.512 e. The summed E-state index contributed by atoms with van der Waals surface area (Å²) >= 11 is 0. The zero-order valence-electron chi connectivity index (χ0n) is 28.9. The highest BCUT2D eigenvalue weighted by molar-refractivity contribution is 5.21. The van der Waals surface area contributed by atoms with Crippen molar-refractivity contribution in [3.63, 3.8) is 0 Å². The van der Waals surface area contributed by atoms with Crippen LogP contribution in [0.1, 0.15) is 130 Å². The van der Waals surface area contributed by atoms with E-state index in [1.807, 2.05) is 18.9 Å². The second-order valence-electron chi connectivity index (χ2n) is 17.8. The van der Waals surface area contributed by atoms with Gasteiger partial charge in [-0.15, -0.1) is 0 Å². The summed E-state index contributed by atoms with van der Waals surface area (Å²) in [6.45, 7) is 10.7. The molecule has 7 nitrogen and oxygen atoms in total. The number of rotatable bonds is 0. The smallest absolute Gasteiger partial charge is 0.168 e. The summed E-state index contributed by atoms with van der Waals surface area (Å²) in [4.78, 5) is 8.00. The van der Waals surface area contributed by atoms with Gasteiger partial charge in [0.15, 0.2) is 11.6 Å². The molecule has 8 aliphatic rings. The van der Waals surface area contributed by atoms with Crippen LogP contribution < -0.4 is 0 Å². The number of carbonyl (C=O) groups is 1. The molecule has 0 spiro atoms. The normalized spacial score (nSPS) is 51.0. The van der Waals surface area contributed by atoms with E-state index in [1.165, 1.54) is 38.5 Å². The van der Waals surface area contributed by atoms with Crippen LogP contribution in [0.5, 0.6) is 0 Å². The molecule has 8 aliphatic carbocycles. The quantitative estimate of drug-likeness (QED) is 0.152. The van der Waals surface area contributed by atoms with Gasteiger partial charge in [-0.1, -0.05) is 27.7 Å². The summed E-state index contributed by atoms with van der Waals surface area (Å²) < 4.78 is 0. The minimum absolute atomic E-state index is 0.0708. The largest absolute Gasteiger partial charge is 0.512 e. The van der Waals surface area contributed by atoms with Gasteiger partial charge in [0.05, 0.1) is 11.5 Å². The Labute approximate surface area is 276 Å². The molecule has 0 aromatic heterocycles. The Kier molecular flexibility index (Phi) is 8.68. The third-order valence-corrected chi connectivity index (χ3v) is 16.8. The molecular weight excluding hydrogens is 580 g/mol. The van der Waals surface area contributed by atoms with E-state index >= 15 is 0 Å². The highest BCUT2D eigenvalue weighted by Gasteiger charge is 2.66. The highest BCUT2D eigenvalue weighted by atomic mass is 16.5.